The van der Waals surface area contributed by atoms with E-state index in [9.17, 15) is 4.79 Å². The molecule has 0 fully saturated rings. The first-order valence-electron chi connectivity index (χ1n) is 7.34. The minimum atomic E-state index is 0.0302. The highest BCUT2D eigenvalue weighted by Gasteiger charge is 2.24. The lowest BCUT2D eigenvalue weighted by Gasteiger charge is -2.26. The predicted molar refractivity (Wildman–Crippen MR) is 90.0 cm³/mol. The highest BCUT2D eigenvalue weighted by atomic mass is 32.1. The van der Waals surface area contributed by atoms with Crippen LogP contribution in [0.2, 0.25) is 0 Å². The smallest absolute Gasteiger partial charge is 0.266 e. The Balaban J connectivity index is 2.54. The van der Waals surface area contributed by atoms with Crippen LogP contribution in [0.5, 0.6) is 0 Å². The molecular formula is C16H23N3OS. The van der Waals surface area contributed by atoms with Crippen molar-refractivity contribution in [3.63, 3.8) is 0 Å². The summed E-state index contributed by atoms with van der Waals surface area (Å²) in [6, 6.07) is 2.17. The van der Waals surface area contributed by atoms with E-state index < -0.39 is 0 Å². The van der Waals surface area contributed by atoms with Crippen LogP contribution in [0.25, 0.3) is 10.1 Å². The van der Waals surface area contributed by atoms with E-state index in [1.54, 1.807) is 0 Å². The number of carbonyl (C=O) groups is 1. The summed E-state index contributed by atoms with van der Waals surface area (Å²) in [4.78, 5) is 19.8. The summed E-state index contributed by atoms with van der Waals surface area (Å²) >= 11 is 1.48. The third kappa shape index (κ3) is 2.88. The van der Waals surface area contributed by atoms with Crippen LogP contribution in [-0.2, 0) is 0 Å². The molecule has 114 valence electrons. The van der Waals surface area contributed by atoms with Gasteiger partial charge in [0, 0.05) is 34.1 Å². The van der Waals surface area contributed by atoms with Crippen molar-refractivity contribution >= 4 is 33.0 Å². The van der Waals surface area contributed by atoms with Crippen LogP contribution in [0.15, 0.2) is 6.07 Å². The maximum atomic E-state index is 12.8. The Morgan fingerprint density at radius 2 is 2.10 bits per heavy atom. The third-order valence-electron chi connectivity index (χ3n) is 3.56. The molecule has 2 aromatic heterocycles. The van der Waals surface area contributed by atoms with E-state index in [1.807, 2.05) is 38.7 Å². The van der Waals surface area contributed by atoms with Crippen molar-refractivity contribution in [1.82, 2.24) is 9.88 Å². The standard InChI is InChI=1S/C16H23N3OS/c1-6-7-19(9(2)3)16(20)15-14(17)13-11(5)18-10(4)8-12(13)21-15/h8-9H,6-7,17H2,1-5H3. The highest BCUT2D eigenvalue weighted by molar-refractivity contribution is 7.21. The largest absolute Gasteiger partial charge is 0.397 e. The molecule has 1 amide bonds. The minimum absolute atomic E-state index is 0.0302. The van der Waals surface area contributed by atoms with Crippen molar-refractivity contribution < 1.29 is 4.79 Å². The molecule has 2 heterocycles. The lowest BCUT2D eigenvalue weighted by atomic mass is 10.1. The van der Waals surface area contributed by atoms with Gasteiger partial charge in [0.15, 0.2) is 0 Å². The number of amides is 1. The molecule has 2 rings (SSSR count). The van der Waals surface area contributed by atoms with Crippen LogP contribution < -0.4 is 5.73 Å². The van der Waals surface area contributed by atoms with Gasteiger partial charge in [0.25, 0.3) is 5.91 Å². The number of nitrogen functional groups attached to an aromatic ring is 1. The lowest BCUT2D eigenvalue weighted by molar-refractivity contribution is 0.0712. The van der Waals surface area contributed by atoms with Crippen LogP contribution in [0, 0.1) is 13.8 Å². The van der Waals surface area contributed by atoms with E-state index in [0.717, 1.165) is 34.4 Å². The molecule has 2 N–H and O–H groups in total. The maximum Gasteiger partial charge on any atom is 0.266 e. The molecule has 0 aromatic carbocycles. The van der Waals surface area contributed by atoms with Gasteiger partial charge in [0.1, 0.15) is 4.88 Å². The van der Waals surface area contributed by atoms with Gasteiger partial charge in [-0.15, -0.1) is 11.3 Å². The number of pyridine rings is 1. The van der Waals surface area contributed by atoms with E-state index in [2.05, 4.69) is 11.9 Å². The van der Waals surface area contributed by atoms with E-state index >= 15 is 0 Å². The Bertz CT molecular complexity index is 676. The molecule has 4 nitrogen and oxygen atoms in total. The minimum Gasteiger partial charge on any atom is -0.397 e. The van der Waals surface area contributed by atoms with Crippen LogP contribution in [0.1, 0.15) is 48.3 Å². The molecule has 0 aliphatic heterocycles. The van der Waals surface area contributed by atoms with Gasteiger partial charge in [-0.05, 0) is 40.2 Å². The van der Waals surface area contributed by atoms with E-state index in [-0.39, 0.29) is 11.9 Å². The summed E-state index contributed by atoms with van der Waals surface area (Å²) < 4.78 is 1.04. The van der Waals surface area contributed by atoms with Gasteiger partial charge in [0.05, 0.1) is 5.69 Å². The summed E-state index contributed by atoms with van der Waals surface area (Å²) in [6.07, 6.45) is 0.939. The fourth-order valence-corrected chi connectivity index (χ4v) is 3.83. The normalized spacial score (nSPS) is 11.3. The number of hydrogen-bond acceptors (Lipinski definition) is 4. The topological polar surface area (TPSA) is 59.2 Å². The predicted octanol–water partition coefficient (Wildman–Crippen LogP) is 3.76. The molecule has 0 aliphatic carbocycles. The second-order valence-electron chi connectivity index (χ2n) is 5.66. The Kier molecular flexibility index (Phi) is 4.52. The van der Waals surface area contributed by atoms with Gasteiger partial charge >= 0.3 is 0 Å². The monoisotopic (exact) mass is 305 g/mol. The first-order valence-corrected chi connectivity index (χ1v) is 8.15. The summed E-state index contributed by atoms with van der Waals surface area (Å²) in [7, 11) is 0. The second kappa shape index (κ2) is 6.02. The van der Waals surface area contributed by atoms with Gasteiger partial charge in [-0.3, -0.25) is 9.78 Å². The average molecular weight is 305 g/mol. The molecule has 0 aliphatic rings. The molecule has 0 atom stereocenters. The first-order chi connectivity index (χ1) is 9.86. The molecule has 0 spiro atoms. The number of thiophene rings is 1. The molecule has 0 saturated heterocycles. The Morgan fingerprint density at radius 1 is 1.43 bits per heavy atom. The number of fused-ring (bicyclic) bond motifs is 1. The number of rotatable bonds is 4. The van der Waals surface area contributed by atoms with Gasteiger partial charge in [0.2, 0.25) is 0 Å². The zero-order chi connectivity index (χ0) is 15.7. The van der Waals surface area contributed by atoms with Crippen molar-refractivity contribution in [2.75, 3.05) is 12.3 Å². The van der Waals surface area contributed by atoms with Crippen molar-refractivity contribution in [2.45, 2.75) is 47.1 Å². The van der Waals surface area contributed by atoms with E-state index in [0.29, 0.717) is 10.6 Å². The molecule has 2 aromatic rings. The van der Waals surface area contributed by atoms with Crippen molar-refractivity contribution in [3.05, 3.63) is 22.3 Å². The molecule has 0 bridgehead atoms. The van der Waals surface area contributed by atoms with Gasteiger partial charge < -0.3 is 10.6 Å². The Labute approximate surface area is 130 Å². The number of carbonyl (C=O) groups excluding carboxylic acids is 1. The van der Waals surface area contributed by atoms with E-state index in [1.165, 1.54) is 11.3 Å². The van der Waals surface area contributed by atoms with Gasteiger partial charge in [-0.2, -0.15) is 0 Å². The average Bonchev–Trinajstić information content (AvgIpc) is 2.72. The lowest BCUT2D eigenvalue weighted by Crippen LogP contribution is -2.37. The molecule has 0 radical (unpaired) electrons. The number of hydrogen-bond donors (Lipinski definition) is 1. The second-order valence-corrected chi connectivity index (χ2v) is 6.71. The first kappa shape index (κ1) is 15.8. The maximum absolute atomic E-state index is 12.8. The fraction of sp³-hybridized carbons (Fsp3) is 0.500. The zero-order valence-electron chi connectivity index (χ0n) is 13.4. The van der Waals surface area contributed by atoms with Crippen LogP contribution in [0.4, 0.5) is 5.69 Å². The number of anilines is 1. The summed E-state index contributed by atoms with van der Waals surface area (Å²) in [5.74, 6) is 0.0302. The summed E-state index contributed by atoms with van der Waals surface area (Å²) in [5.41, 5.74) is 8.67. The number of aryl methyl sites for hydroxylation is 2. The fourth-order valence-electron chi connectivity index (χ4n) is 2.60. The third-order valence-corrected chi connectivity index (χ3v) is 4.70. The Hall–Kier alpha value is -1.62. The summed E-state index contributed by atoms with van der Waals surface area (Å²) in [6.45, 7) is 10.8. The highest BCUT2D eigenvalue weighted by Crippen LogP contribution is 2.36. The number of nitrogens with zero attached hydrogens (tertiary/aromatic N) is 2. The zero-order valence-corrected chi connectivity index (χ0v) is 14.2. The van der Waals surface area contributed by atoms with Gasteiger partial charge in [-0.1, -0.05) is 6.92 Å². The molecule has 21 heavy (non-hydrogen) atoms. The van der Waals surface area contributed by atoms with Crippen molar-refractivity contribution in [2.24, 2.45) is 0 Å². The number of aromatic nitrogens is 1. The van der Waals surface area contributed by atoms with Crippen LogP contribution >= 0.6 is 11.3 Å². The van der Waals surface area contributed by atoms with Gasteiger partial charge in [-0.25, -0.2) is 0 Å². The van der Waals surface area contributed by atoms with Crippen LogP contribution in [-0.4, -0.2) is 28.4 Å². The van der Waals surface area contributed by atoms with Crippen molar-refractivity contribution in [1.29, 1.82) is 0 Å². The summed E-state index contributed by atoms with van der Waals surface area (Å²) in [5, 5.41) is 0.925. The Morgan fingerprint density at radius 3 is 2.67 bits per heavy atom. The van der Waals surface area contributed by atoms with Crippen LogP contribution in [0.3, 0.4) is 0 Å². The molecule has 5 heteroatoms. The number of nitrogens with two attached hydrogens (primary N) is 1. The quantitative estimate of drug-likeness (QED) is 0.935. The van der Waals surface area contributed by atoms with Crippen molar-refractivity contribution in [3.8, 4) is 0 Å². The molecular weight excluding hydrogens is 282 g/mol. The molecule has 0 unspecified atom stereocenters. The molecule has 0 saturated carbocycles. The van der Waals surface area contributed by atoms with E-state index in [4.69, 9.17) is 5.73 Å². The SMILES string of the molecule is CCCN(C(=O)c1sc2cc(C)nc(C)c2c1N)C(C)C.